The van der Waals surface area contributed by atoms with E-state index in [-0.39, 0.29) is 5.04 Å². The second kappa shape index (κ2) is 8.24. The van der Waals surface area contributed by atoms with Gasteiger partial charge in [0, 0.05) is 25.9 Å². The van der Waals surface area contributed by atoms with Crippen LogP contribution < -0.4 is 0 Å². The van der Waals surface area contributed by atoms with Gasteiger partial charge in [-0.05, 0) is 68.2 Å². The quantitative estimate of drug-likeness (QED) is 0.335. The van der Waals surface area contributed by atoms with Crippen LogP contribution in [0.2, 0.25) is 23.3 Å². The van der Waals surface area contributed by atoms with Crippen LogP contribution in [0.15, 0.2) is 18.3 Å². The molecule has 27 heavy (non-hydrogen) atoms. The topological polar surface area (TPSA) is 30.3 Å². The number of likely N-dealkylation sites (tertiary alicyclic amines) is 1. The summed E-state index contributed by atoms with van der Waals surface area (Å²) in [7, 11) is -1.67. The van der Waals surface area contributed by atoms with Crippen molar-refractivity contribution in [3.8, 4) is 0 Å². The molecule has 150 valence electrons. The van der Waals surface area contributed by atoms with Crippen LogP contribution in [0.3, 0.4) is 0 Å². The third kappa shape index (κ3) is 4.94. The fourth-order valence-corrected chi connectivity index (χ4v) is 4.84. The van der Waals surface area contributed by atoms with Crippen LogP contribution in [0.25, 0.3) is 11.0 Å². The molecule has 1 aliphatic rings. The van der Waals surface area contributed by atoms with Crippen molar-refractivity contribution in [2.24, 2.45) is 0 Å². The maximum absolute atomic E-state index is 6.34. The first kappa shape index (κ1) is 20.8. The van der Waals surface area contributed by atoms with E-state index in [4.69, 9.17) is 16.0 Å². The number of rotatable bonds is 7. The van der Waals surface area contributed by atoms with Gasteiger partial charge in [-0.1, -0.05) is 32.4 Å². The zero-order valence-electron chi connectivity index (χ0n) is 17.5. The molecule has 4 nitrogen and oxygen atoms in total. The molecule has 2 aromatic rings. The minimum atomic E-state index is -1.67. The third-order valence-electron chi connectivity index (χ3n) is 6.17. The molecule has 3 heterocycles. The Morgan fingerprint density at radius 1 is 1.22 bits per heavy atom. The van der Waals surface area contributed by atoms with Gasteiger partial charge in [0.2, 0.25) is 0 Å². The first-order chi connectivity index (χ1) is 12.7. The van der Waals surface area contributed by atoms with Gasteiger partial charge in [-0.25, -0.2) is 4.98 Å². The van der Waals surface area contributed by atoms with Crippen LogP contribution in [0.4, 0.5) is 0 Å². The fraction of sp³-hybridized carbons (Fsp3) is 0.667. The molecule has 6 heteroatoms. The Kier molecular flexibility index (Phi) is 6.36. The monoisotopic (exact) mass is 407 g/mol. The van der Waals surface area contributed by atoms with E-state index < -0.39 is 8.32 Å². The van der Waals surface area contributed by atoms with Crippen LogP contribution in [0, 0.1) is 0 Å². The molecule has 1 aliphatic heterocycles. The molecule has 0 amide bonds. The van der Waals surface area contributed by atoms with Crippen LogP contribution in [-0.4, -0.2) is 42.5 Å². The summed E-state index contributed by atoms with van der Waals surface area (Å²) in [6.45, 7) is 16.6. The van der Waals surface area contributed by atoms with E-state index >= 15 is 0 Å². The molecule has 1 fully saturated rings. The summed E-state index contributed by atoms with van der Waals surface area (Å²) in [5, 5.41) is 0.854. The van der Waals surface area contributed by atoms with Gasteiger partial charge in [-0.2, -0.15) is 0 Å². The molecule has 1 saturated heterocycles. The largest absolute Gasteiger partial charge is 0.417 e. The number of pyridine rings is 1. The van der Waals surface area contributed by atoms with Crippen molar-refractivity contribution < 1.29 is 4.43 Å². The Labute approximate surface area is 170 Å². The van der Waals surface area contributed by atoms with Gasteiger partial charge in [-0.3, -0.25) is 4.90 Å². The van der Waals surface area contributed by atoms with Crippen molar-refractivity contribution in [3.63, 3.8) is 0 Å². The van der Waals surface area contributed by atoms with E-state index in [0.717, 1.165) is 31.6 Å². The zero-order valence-corrected chi connectivity index (χ0v) is 19.3. The second-order valence-electron chi connectivity index (χ2n) is 9.29. The third-order valence-corrected chi connectivity index (χ3v) is 10.9. The van der Waals surface area contributed by atoms with Crippen molar-refractivity contribution in [1.82, 2.24) is 14.5 Å². The molecular formula is C21H34ClN3OSi. The van der Waals surface area contributed by atoms with Gasteiger partial charge in [0.1, 0.15) is 5.15 Å². The van der Waals surface area contributed by atoms with E-state index in [1.165, 1.54) is 37.0 Å². The van der Waals surface area contributed by atoms with E-state index in [1.807, 2.05) is 6.07 Å². The number of nitrogens with zero attached hydrogens (tertiary/aromatic N) is 3. The van der Waals surface area contributed by atoms with Crippen LogP contribution in [-0.2, 0) is 17.5 Å². The van der Waals surface area contributed by atoms with Crippen molar-refractivity contribution in [1.29, 1.82) is 0 Å². The number of halogens is 1. The minimum absolute atomic E-state index is 0.261. The summed E-state index contributed by atoms with van der Waals surface area (Å²) >= 11 is 6.28. The fourth-order valence-electron chi connectivity index (χ4n) is 3.53. The minimum Gasteiger partial charge on any atom is -0.417 e. The number of aromatic nitrogens is 2. The molecule has 0 aliphatic carbocycles. The summed E-state index contributed by atoms with van der Waals surface area (Å²) in [5.74, 6) is 0. The molecule has 0 radical (unpaired) electrons. The van der Waals surface area contributed by atoms with Crippen LogP contribution in [0.5, 0.6) is 0 Å². The molecule has 2 aromatic heterocycles. The summed E-state index contributed by atoms with van der Waals surface area (Å²) in [4.78, 5) is 7.05. The van der Waals surface area contributed by atoms with E-state index in [0.29, 0.717) is 5.15 Å². The van der Waals surface area contributed by atoms with Crippen molar-refractivity contribution >= 4 is 31.0 Å². The normalized spacial score (nSPS) is 16.5. The molecule has 0 N–H and O–H groups in total. The van der Waals surface area contributed by atoms with Gasteiger partial charge in [0.25, 0.3) is 0 Å². The average molecular weight is 408 g/mol. The molecule has 0 atom stereocenters. The lowest BCUT2D eigenvalue weighted by molar-refractivity contribution is 0.275. The van der Waals surface area contributed by atoms with Crippen molar-refractivity contribution in [3.05, 3.63) is 29.0 Å². The lowest BCUT2D eigenvalue weighted by atomic mass is 10.2. The molecule has 0 spiro atoms. The number of hydrogen-bond donors (Lipinski definition) is 0. The van der Waals surface area contributed by atoms with Crippen LogP contribution >= 0.6 is 11.6 Å². The van der Waals surface area contributed by atoms with Gasteiger partial charge >= 0.3 is 0 Å². The Balaban J connectivity index is 1.69. The number of hydrogen-bond acceptors (Lipinski definition) is 3. The van der Waals surface area contributed by atoms with Crippen molar-refractivity contribution in [2.45, 2.75) is 71.3 Å². The molecule has 0 saturated carbocycles. The van der Waals surface area contributed by atoms with Gasteiger partial charge in [0.15, 0.2) is 8.32 Å². The van der Waals surface area contributed by atoms with Gasteiger partial charge < -0.3 is 8.99 Å². The summed E-state index contributed by atoms with van der Waals surface area (Å²) in [6, 6.07) is 4.13. The number of fused-ring (bicyclic) bond motifs is 1. The highest BCUT2D eigenvalue weighted by atomic mass is 35.5. The SMILES string of the molecule is CC(C)(C)[Si](C)(C)OCCCn1ccc2nc(Cl)cc(CN3CCCC3)c21. The Morgan fingerprint density at radius 2 is 1.93 bits per heavy atom. The maximum atomic E-state index is 6.34. The molecular weight excluding hydrogens is 374 g/mol. The standard InChI is InChI=1S/C21H34ClN3OSi/c1-21(2,3)27(4,5)26-14-8-12-25-13-9-18-20(25)17(15-19(22)23-18)16-24-10-6-7-11-24/h9,13,15H,6-8,10-12,14,16H2,1-5H3. The van der Waals surface area contributed by atoms with E-state index in [2.05, 4.69) is 60.6 Å². The van der Waals surface area contributed by atoms with Gasteiger partial charge in [0.05, 0.1) is 11.0 Å². The molecule has 0 aromatic carbocycles. The predicted octanol–water partition coefficient (Wildman–Crippen LogP) is 5.70. The van der Waals surface area contributed by atoms with Gasteiger partial charge in [-0.15, -0.1) is 0 Å². The van der Waals surface area contributed by atoms with E-state index in [1.54, 1.807) is 0 Å². The van der Waals surface area contributed by atoms with Crippen LogP contribution in [0.1, 0.15) is 45.6 Å². The number of aryl methyl sites for hydroxylation is 1. The lowest BCUT2D eigenvalue weighted by Gasteiger charge is -2.36. The zero-order chi connectivity index (χ0) is 19.7. The van der Waals surface area contributed by atoms with Crippen molar-refractivity contribution in [2.75, 3.05) is 19.7 Å². The van der Waals surface area contributed by atoms with E-state index in [9.17, 15) is 0 Å². The molecule has 0 unspecified atom stereocenters. The predicted molar refractivity (Wildman–Crippen MR) is 117 cm³/mol. The first-order valence-corrected chi connectivity index (χ1v) is 13.5. The summed E-state index contributed by atoms with van der Waals surface area (Å²) < 4.78 is 8.67. The first-order valence-electron chi connectivity index (χ1n) is 10.2. The molecule has 3 rings (SSSR count). The Bertz CT molecular complexity index is 776. The second-order valence-corrected chi connectivity index (χ2v) is 14.5. The smallest absolute Gasteiger partial charge is 0.191 e. The Morgan fingerprint density at radius 3 is 2.59 bits per heavy atom. The highest BCUT2D eigenvalue weighted by molar-refractivity contribution is 6.74. The molecule has 0 bridgehead atoms. The Hall–Kier alpha value is -0.883. The highest BCUT2D eigenvalue weighted by Gasteiger charge is 2.36. The maximum Gasteiger partial charge on any atom is 0.191 e. The summed E-state index contributed by atoms with van der Waals surface area (Å²) in [6.07, 6.45) is 5.76. The summed E-state index contributed by atoms with van der Waals surface area (Å²) in [5.41, 5.74) is 3.53. The lowest BCUT2D eigenvalue weighted by Crippen LogP contribution is -2.41. The highest BCUT2D eigenvalue weighted by Crippen LogP contribution is 2.36. The average Bonchev–Trinajstić information content (AvgIpc) is 3.20.